The van der Waals surface area contributed by atoms with E-state index in [1.165, 1.54) is 0 Å². The molecule has 0 bridgehead atoms. The highest BCUT2D eigenvalue weighted by molar-refractivity contribution is 6.33. The number of ether oxygens (including phenoxy) is 2. The molecule has 9 nitrogen and oxygen atoms in total. The maximum atomic E-state index is 12.4. The van der Waals surface area contributed by atoms with Gasteiger partial charge in [0.05, 0.1) is 29.6 Å². The van der Waals surface area contributed by atoms with E-state index >= 15 is 0 Å². The third-order valence-electron chi connectivity index (χ3n) is 6.45. The Morgan fingerprint density at radius 3 is 2.69 bits per heavy atom. The number of nitrogens with zero attached hydrogens (tertiary/aromatic N) is 3. The van der Waals surface area contributed by atoms with E-state index in [0.29, 0.717) is 40.7 Å². The van der Waals surface area contributed by atoms with Crippen molar-refractivity contribution in [1.82, 2.24) is 10.2 Å². The summed E-state index contributed by atoms with van der Waals surface area (Å²) in [5, 5.41) is 15.2. The van der Waals surface area contributed by atoms with Gasteiger partial charge in [0.2, 0.25) is 0 Å². The number of amides is 2. The van der Waals surface area contributed by atoms with Gasteiger partial charge in [0.25, 0.3) is 11.8 Å². The molecule has 2 atom stereocenters. The van der Waals surface area contributed by atoms with E-state index in [9.17, 15) is 9.59 Å². The van der Waals surface area contributed by atoms with Crippen LogP contribution in [0.2, 0.25) is 5.02 Å². The van der Waals surface area contributed by atoms with Crippen LogP contribution in [0.4, 0.5) is 11.4 Å². The Balaban J connectivity index is 1.38. The molecule has 190 valence electrons. The molecule has 2 aliphatic rings. The zero-order valence-electron chi connectivity index (χ0n) is 20.6. The summed E-state index contributed by atoms with van der Waals surface area (Å²) in [5.74, 6) is 0.677. The Labute approximate surface area is 215 Å². The van der Waals surface area contributed by atoms with Crippen molar-refractivity contribution in [2.45, 2.75) is 39.0 Å². The fourth-order valence-corrected chi connectivity index (χ4v) is 4.66. The normalized spacial score (nSPS) is 18.4. The van der Waals surface area contributed by atoms with Gasteiger partial charge in [-0.15, -0.1) is 0 Å². The van der Waals surface area contributed by atoms with Crippen molar-refractivity contribution in [2.24, 2.45) is 0 Å². The number of nitriles is 1. The van der Waals surface area contributed by atoms with E-state index in [-0.39, 0.29) is 11.8 Å². The van der Waals surface area contributed by atoms with Crippen LogP contribution >= 0.6 is 11.6 Å². The molecule has 2 N–H and O–H groups in total. The molecular formula is C26H30ClN5O4. The van der Waals surface area contributed by atoms with E-state index in [4.69, 9.17) is 26.3 Å². The zero-order chi connectivity index (χ0) is 25.8. The lowest BCUT2D eigenvalue weighted by molar-refractivity contribution is -0.122. The molecule has 1 fully saturated rings. The number of hydrogen-bond donors (Lipinski definition) is 2. The van der Waals surface area contributed by atoms with Crippen molar-refractivity contribution in [3.63, 3.8) is 0 Å². The maximum absolute atomic E-state index is 12.4. The number of piperazine rings is 1. The smallest absolute Gasteiger partial charge is 0.265 e. The number of fused-ring (bicyclic) bond motifs is 1. The number of carbonyl (C=O) groups is 2. The molecule has 2 unspecified atom stereocenters. The summed E-state index contributed by atoms with van der Waals surface area (Å²) in [4.78, 5) is 29.0. The van der Waals surface area contributed by atoms with Gasteiger partial charge in [0.15, 0.2) is 17.6 Å². The second-order valence-corrected chi connectivity index (χ2v) is 9.32. The van der Waals surface area contributed by atoms with E-state index in [1.807, 2.05) is 25.1 Å². The largest absolute Gasteiger partial charge is 0.493 e. The molecule has 4 rings (SSSR count). The minimum atomic E-state index is -0.564. The average molecular weight is 512 g/mol. The van der Waals surface area contributed by atoms with E-state index in [2.05, 4.69) is 26.5 Å². The van der Waals surface area contributed by atoms with Crippen LogP contribution in [0.1, 0.15) is 36.2 Å². The van der Waals surface area contributed by atoms with Crippen molar-refractivity contribution in [3.05, 3.63) is 46.5 Å². The monoisotopic (exact) mass is 511 g/mol. The van der Waals surface area contributed by atoms with Crippen LogP contribution in [0.15, 0.2) is 30.3 Å². The number of halogens is 1. The lowest BCUT2D eigenvalue weighted by Gasteiger charge is -2.36. The number of methoxy groups -OCH3 is 1. The summed E-state index contributed by atoms with van der Waals surface area (Å²) in [7, 11) is 1.59. The first kappa shape index (κ1) is 25.6. The van der Waals surface area contributed by atoms with Crippen LogP contribution < -0.4 is 25.0 Å². The highest BCUT2D eigenvalue weighted by Crippen LogP contribution is 2.40. The van der Waals surface area contributed by atoms with Gasteiger partial charge < -0.3 is 25.0 Å². The maximum Gasteiger partial charge on any atom is 0.265 e. The molecule has 2 aliphatic heterocycles. The van der Waals surface area contributed by atoms with Gasteiger partial charge in [-0.2, -0.15) is 5.26 Å². The Bertz CT molecular complexity index is 1190. The Kier molecular flexibility index (Phi) is 7.87. The van der Waals surface area contributed by atoms with Gasteiger partial charge in [-0.25, -0.2) is 0 Å². The van der Waals surface area contributed by atoms with E-state index in [1.54, 1.807) is 26.2 Å². The van der Waals surface area contributed by atoms with Gasteiger partial charge in [-0.3, -0.25) is 14.5 Å². The van der Waals surface area contributed by atoms with Crippen LogP contribution in [0.5, 0.6) is 11.5 Å². The topological polar surface area (TPSA) is 107 Å². The SMILES string of the molecule is CCC(C#N)NC(=O)c1ccc(N2CCN(Cc3cc4c(c(OC)c3)OC(C)C(=O)N4)CC2)c(Cl)c1. The summed E-state index contributed by atoms with van der Waals surface area (Å²) in [6.07, 6.45) is -0.0236. The number of carbonyl (C=O) groups excluding carboxylic acids is 2. The Morgan fingerprint density at radius 1 is 1.31 bits per heavy atom. The molecule has 2 aromatic carbocycles. The number of benzene rings is 2. The Hall–Kier alpha value is -3.48. The number of hydrogen-bond acceptors (Lipinski definition) is 7. The van der Waals surface area contributed by atoms with Crippen LogP contribution in [0.25, 0.3) is 0 Å². The molecule has 36 heavy (non-hydrogen) atoms. The lowest BCUT2D eigenvalue weighted by Crippen LogP contribution is -2.46. The minimum Gasteiger partial charge on any atom is -0.493 e. The molecule has 2 heterocycles. The van der Waals surface area contributed by atoms with Crippen LogP contribution in [0.3, 0.4) is 0 Å². The lowest BCUT2D eigenvalue weighted by atomic mass is 10.1. The first-order valence-electron chi connectivity index (χ1n) is 12.0. The predicted octanol–water partition coefficient (Wildman–Crippen LogP) is 3.42. The summed E-state index contributed by atoms with van der Waals surface area (Å²) in [6.45, 7) is 7.44. The standard InChI is InChI=1S/C26H30ClN5O4/c1-4-19(14-28)29-26(34)18-5-6-22(20(27)13-18)32-9-7-31(8-10-32)15-17-11-21-24(23(12-17)35-3)36-16(2)25(33)30-21/h5-6,11-13,16,19H,4,7-10,15H2,1-3H3,(H,29,34)(H,30,33). The molecule has 0 spiro atoms. The molecule has 0 aromatic heterocycles. The molecule has 0 saturated carbocycles. The quantitative estimate of drug-likeness (QED) is 0.586. The van der Waals surface area contributed by atoms with Gasteiger partial charge in [-0.05, 0) is 49.2 Å². The fourth-order valence-electron chi connectivity index (χ4n) is 4.36. The second-order valence-electron chi connectivity index (χ2n) is 8.92. The van der Waals surface area contributed by atoms with Crippen LogP contribution in [-0.4, -0.2) is 62.1 Å². The fraction of sp³-hybridized carbons (Fsp3) is 0.423. The summed E-state index contributed by atoms with van der Waals surface area (Å²) < 4.78 is 11.2. The summed E-state index contributed by atoms with van der Waals surface area (Å²) in [6, 6.07) is 10.7. The van der Waals surface area contributed by atoms with Gasteiger partial charge >= 0.3 is 0 Å². The molecular weight excluding hydrogens is 482 g/mol. The number of anilines is 2. The summed E-state index contributed by atoms with van der Waals surface area (Å²) in [5.41, 5.74) is 2.96. The van der Waals surface area contributed by atoms with Crippen LogP contribution in [0, 0.1) is 11.3 Å². The highest BCUT2D eigenvalue weighted by atomic mass is 35.5. The first-order valence-corrected chi connectivity index (χ1v) is 12.4. The Morgan fingerprint density at radius 2 is 2.06 bits per heavy atom. The number of rotatable bonds is 7. The van der Waals surface area contributed by atoms with Crippen molar-refractivity contribution in [3.8, 4) is 17.6 Å². The summed E-state index contributed by atoms with van der Waals surface area (Å²) >= 11 is 6.54. The van der Waals surface area contributed by atoms with E-state index < -0.39 is 12.1 Å². The van der Waals surface area contributed by atoms with Crippen molar-refractivity contribution >= 4 is 34.8 Å². The van der Waals surface area contributed by atoms with Crippen LogP contribution in [-0.2, 0) is 11.3 Å². The van der Waals surface area contributed by atoms with Gasteiger partial charge in [-0.1, -0.05) is 18.5 Å². The molecule has 1 saturated heterocycles. The predicted molar refractivity (Wildman–Crippen MR) is 138 cm³/mol. The molecule has 10 heteroatoms. The minimum absolute atomic E-state index is 0.175. The van der Waals surface area contributed by atoms with E-state index in [0.717, 1.165) is 37.4 Å². The third kappa shape index (κ3) is 5.50. The van der Waals surface area contributed by atoms with Gasteiger partial charge in [0.1, 0.15) is 6.04 Å². The highest BCUT2D eigenvalue weighted by Gasteiger charge is 2.28. The molecule has 0 radical (unpaired) electrons. The number of nitrogens with one attached hydrogen (secondary N) is 2. The first-order chi connectivity index (χ1) is 17.3. The zero-order valence-corrected chi connectivity index (χ0v) is 21.4. The second kappa shape index (κ2) is 11.1. The van der Waals surface area contributed by atoms with Crippen molar-refractivity contribution in [2.75, 3.05) is 43.5 Å². The van der Waals surface area contributed by atoms with Crippen molar-refractivity contribution < 1.29 is 19.1 Å². The van der Waals surface area contributed by atoms with Gasteiger partial charge in [0, 0.05) is 38.3 Å². The molecule has 2 amide bonds. The molecule has 2 aromatic rings. The van der Waals surface area contributed by atoms with Crippen molar-refractivity contribution in [1.29, 1.82) is 5.26 Å². The third-order valence-corrected chi connectivity index (χ3v) is 6.76. The average Bonchev–Trinajstić information content (AvgIpc) is 2.88. The molecule has 0 aliphatic carbocycles.